The molecule has 1 saturated heterocycles. The summed E-state index contributed by atoms with van der Waals surface area (Å²) in [6.07, 6.45) is 7.05. The van der Waals surface area contributed by atoms with Crippen molar-refractivity contribution in [3.05, 3.63) is 66.8 Å². The molecule has 4 rings (SSSR count). The molecule has 1 unspecified atom stereocenters. The van der Waals surface area contributed by atoms with Crippen molar-refractivity contribution >= 4 is 69.5 Å². The molecule has 0 aliphatic carbocycles. The van der Waals surface area contributed by atoms with Crippen LogP contribution in [0.25, 0.3) is 5.69 Å². The Bertz CT molecular complexity index is 1260. The van der Waals surface area contributed by atoms with Crippen LogP contribution in [0.4, 0.5) is 17.2 Å². The van der Waals surface area contributed by atoms with Gasteiger partial charge in [0.05, 0.1) is 20.8 Å². The lowest BCUT2D eigenvalue weighted by molar-refractivity contribution is -0.117. The number of aromatic nitrogens is 2. The zero-order valence-electron chi connectivity index (χ0n) is 19.2. The molecule has 2 heterocycles. The van der Waals surface area contributed by atoms with E-state index >= 15 is 0 Å². The second kappa shape index (κ2) is 11.3. The van der Waals surface area contributed by atoms with Crippen LogP contribution in [0, 0.1) is 0 Å². The molecule has 1 aromatic heterocycles. The molecule has 6 nitrogen and oxygen atoms in total. The maximum absolute atomic E-state index is 12.7. The maximum atomic E-state index is 12.7. The molecule has 0 spiro atoms. The van der Waals surface area contributed by atoms with E-state index in [2.05, 4.69) is 17.3 Å². The van der Waals surface area contributed by atoms with Gasteiger partial charge in [-0.15, -0.1) is 0 Å². The Morgan fingerprint density at radius 2 is 1.71 bits per heavy atom. The number of anilines is 3. The lowest BCUT2D eigenvalue weighted by Gasteiger charge is -2.26. The van der Waals surface area contributed by atoms with Gasteiger partial charge < -0.3 is 10.2 Å². The van der Waals surface area contributed by atoms with Crippen LogP contribution in [-0.2, 0) is 4.79 Å². The molecule has 0 saturated carbocycles. The Labute approximate surface area is 224 Å². The first-order valence-electron chi connectivity index (χ1n) is 11.6. The molecule has 1 fully saturated rings. The summed E-state index contributed by atoms with van der Waals surface area (Å²) in [6, 6.07) is 10.0. The van der Waals surface area contributed by atoms with Gasteiger partial charge in [0.25, 0.3) is 5.56 Å². The number of carbonyl (C=O) groups excluding carboxylic acids is 1. The van der Waals surface area contributed by atoms with E-state index in [0.29, 0.717) is 33.7 Å². The molecular formula is C25H26Cl4N4O2. The van der Waals surface area contributed by atoms with Crippen LogP contribution in [0.3, 0.4) is 0 Å². The Hall–Kier alpha value is -2.12. The van der Waals surface area contributed by atoms with Crippen molar-refractivity contribution in [1.29, 1.82) is 0 Å². The van der Waals surface area contributed by atoms with Crippen molar-refractivity contribution in [2.45, 2.75) is 57.9 Å². The molecule has 0 bridgehead atoms. The molecule has 0 radical (unpaired) electrons. The first-order valence-corrected chi connectivity index (χ1v) is 13.1. The Morgan fingerprint density at radius 3 is 2.43 bits per heavy atom. The summed E-state index contributed by atoms with van der Waals surface area (Å²) < 4.78 is 1.23. The van der Waals surface area contributed by atoms with Crippen LogP contribution >= 0.6 is 46.4 Å². The van der Waals surface area contributed by atoms with Crippen LogP contribution < -0.4 is 15.8 Å². The van der Waals surface area contributed by atoms with Crippen molar-refractivity contribution in [3.8, 4) is 5.69 Å². The third kappa shape index (κ3) is 5.83. The largest absolute Gasteiger partial charge is 0.339 e. The second-order valence-corrected chi connectivity index (χ2v) is 10.3. The number of hydrogen-bond donors (Lipinski definition) is 2. The summed E-state index contributed by atoms with van der Waals surface area (Å²) >= 11 is 25.0. The molecule has 1 aliphatic rings. The van der Waals surface area contributed by atoms with Crippen LogP contribution in [0.15, 0.2) is 41.2 Å². The fourth-order valence-electron chi connectivity index (χ4n) is 4.46. The van der Waals surface area contributed by atoms with E-state index in [4.69, 9.17) is 46.4 Å². The number of hydrogen-bond acceptors (Lipinski definition) is 3. The number of rotatable bonds is 9. The van der Waals surface area contributed by atoms with Crippen molar-refractivity contribution in [2.75, 3.05) is 10.2 Å². The first-order chi connectivity index (χ1) is 16.8. The summed E-state index contributed by atoms with van der Waals surface area (Å²) in [5, 5.41) is 7.40. The number of carbonyl (C=O) groups is 1. The van der Waals surface area contributed by atoms with Crippen molar-refractivity contribution in [2.24, 2.45) is 0 Å². The molecule has 1 atom stereocenters. The third-order valence-electron chi connectivity index (χ3n) is 6.14. The van der Waals surface area contributed by atoms with Gasteiger partial charge in [-0.1, -0.05) is 79.0 Å². The smallest absolute Gasteiger partial charge is 0.273 e. The highest BCUT2D eigenvalue weighted by Crippen LogP contribution is 2.35. The third-order valence-corrected chi connectivity index (χ3v) is 7.26. The summed E-state index contributed by atoms with van der Waals surface area (Å²) in [5.74, 6) is 0.505. The van der Waals surface area contributed by atoms with E-state index in [0.717, 1.165) is 24.9 Å². The number of aromatic amines is 1. The molecular weight excluding hydrogens is 530 g/mol. The van der Waals surface area contributed by atoms with Gasteiger partial charge >= 0.3 is 0 Å². The fraction of sp³-hybridized carbons (Fsp3) is 0.360. The van der Waals surface area contributed by atoms with E-state index in [-0.39, 0.29) is 27.6 Å². The average molecular weight is 556 g/mol. The zero-order chi connectivity index (χ0) is 25.1. The molecule has 3 aromatic rings. The lowest BCUT2D eigenvalue weighted by Crippen LogP contribution is -2.32. The number of unbranched alkanes of at least 4 members (excludes halogenated alkanes) is 3. The maximum Gasteiger partial charge on any atom is 0.273 e. The van der Waals surface area contributed by atoms with E-state index in [1.165, 1.54) is 42.1 Å². The number of halogens is 4. The number of H-pyrrole nitrogens is 1. The molecule has 10 heteroatoms. The van der Waals surface area contributed by atoms with Gasteiger partial charge in [-0.3, -0.25) is 14.7 Å². The van der Waals surface area contributed by atoms with E-state index in [1.807, 2.05) is 17.0 Å². The van der Waals surface area contributed by atoms with E-state index in [1.54, 1.807) is 6.07 Å². The minimum absolute atomic E-state index is 0.116. The summed E-state index contributed by atoms with van der Waals surface area (Å²) in [5.41, 5.74) is 1.28. The molecule has 2 N–H and O–H groups in total. The minimum Gasteiger partial charge on any atom is -0.339 e. The quantitative estimate of drug-likeness (QED) is 0.263. The Kier molecular flexibility index (Phi) is 8.38. The zero-order valence-corrected chi connectivity index (χ0v) is 22.2. The highest BCUT2D eigenvalue weighted by molar-refractivity contribution is 6.40. The second-order valence-electron chi connectivity index (χ2n) is 8.66. The molecule has 1 amide bonds. The fourth-order valence-corrected chi connectivity index (χ4v) is 5.61. The number of benzene rings is 2. The van der Waals surface area contributed by atoms with Crippen molar-refractivity contribution < 1.29 is 4.79 Å². The van der Waals surface area contributed by atoms with Gasteiger partial charge in [0.1, 0.15) is 11.5 Å². The molecule has 1 aliphatic heterocycles. The van der Waals surface area contributed by atoms with E-state index < -0.39 is 0 Å². The van der Waals surface area contributed by atoms with Crippen LogP contribution in [0.2, 0.25) is 20.1 Å². The Balaban J connectivity index is 1.58. The minimum atomic E-state index is -0.368. The van der Waals surface area contributed by atoms with Crippen molar-refractivity contribution in [1.82, 2.24) is 9.78 Å². The number of nitrogens with zero attached hydrogens (tertiary/aromatic N) is 2. The topological polar surface area (TPSA) is 70.1 Å². The SMILES string of the molecule is CCCCCCC1CCC(=O)N1c1ccc(Cl)c(Nc2cc(=O)n(-c3c(Cl)cc(Cl)cc3Cl)[nH]2)c1. The highest BCUT2D eigenvalue weighted by atomic mass is 35.5. The standard InChI is InChI=1S/C25H26Cl4N4O2/c1-2-3-4-5-6-16-8-10-23(34)32(16)17-7-9-18(27)21(13-17)30-22-14-24(35)33(31-22)25-19(28)11-15(26)12-20(25)29/h7,9,11-14,16,30-31H,2-6,8,10H2,1H3. The molecule has 2 aromatic carbocycles. The molecule has 35 heavy (non-hydrogen) atoms. The first kappa shape index (κ1) is 26.0. The normalized spacial score (nSPS) is 15.7. The van der Waals surface area contributed by atoms with Crippen molar-refractivity contribution in [3.63, 3.8) is 0 Å². The van der Waals surface area contributed by atoms with Gasteiger partial charge in [0.2, 0.25) is 5.91 Å². The number of amides is 1. The average Bonchev–Trinajstić information content (AvgIpc) is 3.34. The monoisotopic (exact) mass is 554 g/mol. The predicted molar refractivity (Wildman–Crippen MR) is 145 cm³/mol. The van der Waals surface area contributed by atoms with Gasteiger partial charge in [0.15, 0.2) is 0 Å². The number of nitrogens with one attached hydrogen (secondary N) is 2. The lowest BCUT2D eigenvalue weighted by atomic mass is 10.0. The highest BCUT2D eigenvalue weighted by Gasteiger charge is 2.32. The van der Waals surface area contributed by atoms with Gasteiger partial charge in [-0.05, 0) is 43.2 Å². The Morgan fingerprint density at radius 1 is 0.971 bits per heavy atom. The molecule has 186 valence electrons. The van der Waals surface area contributed by atoms with Crippen LogP contribution in [-0.4, -0.2) is 21.7 Å². The summed E-state index contributed by atoms with van der Waals surface area (Å²) in [6.45, 7) is 2.19. The van der Waals surface area contributed by atoms with Gasteiger partial charge in [0, 0.05) is 29.2 Å². The van der Waals surface area contributed by atoms with Crippen LogP contribution in [0.1, 0.15) is 51.9 Å². The summed E-state index contributed by atoms with van der Waals surface area (Å²) in [7, 11) is 0. The summed E-state index contributed by atoms with van der Waals surface area (Å²) in [4.78, 5) is 27.3. The predicted octanol–water partition coefficient (Wildman–Crippen LogP) is 7.99. The van der Waals surface area contributed by atoms with Crippen LogP contribution in [0.5, 0.6) is 0 Å². The van der Waals surface area contributed by atoms with E-state index in [9.17, 15) is 9.59 Å². The van der Waals surface area contributed by atoms with Gasteiger partial charge in [-0.25, -0.2) is 4.68 Å². The van der Waals surface area contributed by atoms with Gasteiger partial charge in [-0.2, -0.15) is 0 Å².